The Morgan fingerprint density at radius 1 is 1.05 bits per heavy atom. The number of rotatable bonds is 9. The number of fused-ring (bicyclic) bond motifs is 1. The van der Waals surface area contributed by atoms with E-state index in [1.165, 1.54) is 44.1 Å². The van der Waals surface area contributed by atoms with E-state index >= 15 is 0 Å². The largest absolute Gasteiger partial charge is 0.462 e. The third-order valence-corrected chi connectivity index (χ3v) is 9.21. The van der Waals surface area contributed by atoms with Gasteiger partial charge in [-0.25, -0.2) is 9.78 Å². The van der Waals surface area contributed by atoms with Crippen LogP contribution in [-0.2, 0) is 4.74 Å². The van der Waals surface area contributed by atoms with E-state index in [1.807, 2.05) is 24.3 Å². The molecule has 0 aliphatic heterocycles. The maximum Gasteiger partial charge on any atom is 0.341 e. The van der Waals surface area contributed by atoms with E-state index in [2.05, 4.69) is 40.8 Å². The van der Waals surface area contributed by atoms with E-state index in [0.29, 0.717) is 34.8 Å². The number of aromatic nitrogens is 2. The molecule has 2 heterocycles. The van der Waals surface area contributed by atoms with Crippen LogP contribution in [0.3, 0.4) is 0 Å². The number of H-pyrrole nitrogens is 1. The molecule has 0 bridgehead atoms. The number of esters is 1. The van der Waals surface area contributed by atoms with Gasteiger partial charge < -0.3 is 20.2 Å². The summed E-state index contributed by atoms with van der Waals surface area (Å²) >= 11 is 6.09. The monoisotopic (exact) mass is 614 g/mol. The van der Waals surface area contributed by atoms with Crippen molar-refractivity contribution in [3.63, 3.8) is 0 Å². The minimum Gasteiger partial charge on any atom is -0.462 e. The minimum atomic E-state index is -0.451. The van der Waals surface area contributed by atoms with Crippen molar-refractivity contribution in [2.24, 2.45) is 5.41 Å². The normalized spacial score (nSPS) is 15.6. The predicted molar refractivity (Wildman–Crippen MR) is 179 cm³/mol. The number of carbonyl (C=O) groups is 1. The van der Waals surface area contributed by atoms with Crippen LogP contribution in [0.4, 0.5) is 5.69 Å². The van der Waals surface area contributed by atoms with Crippen LogP contribution in [-0.4, -0.2) is 47.1 Å². The van der Waals surface area contributed by atoms with Crippen LogP contribution in [0.1, 0.15) is 75.2 Å². The molecule has 2 aliphatic rings. The van der Waals surface area contributed by atoms with Crippen molar-refractivity contribution in [2.45, 2.75) is 59.3 Å². The van der Waals surface area contributed by atoms with Crippen molar-refractivity contribution in [1.82, 2.24) is 14.9 Å². The molecule has 6 rings (SSSR count). The molecular formula is C36H43ClN4O3. The molecule has 2 aromatic heterocycles. The number of hydrogen-bond acceptors (Lipinski definition) is 6. The number of nitrogen functional groups attached to an aromatic ring is 1. The number of nitrogens with one attached hydrogen (secondary N) is 1. The molecule has 44 heavy (non-hydrogen) atoms. The van der Waals surface area contributed by atoms with Crippen LogP contribution >= 0.6 is 11.6 Å². The Labute approximate surface area is 265 Å². The first-order valence-electron chi connectivity index (χ1n) is 15.7. The van der Waals surface area contributed by atoms with Crippen LogP contribution in [0.5, 0.6) is 11.5 Å². The van der Waals surface area contributed by atoms with Gasteiger partial charge in [0.2, 0.25) is 0 Å². The highest BCUT2D eigenvalue weighted by atomic mass is 35.5. The third kappa shape index (κ3) is 7.45. The molecule has 0 amide bonds. The van der Waals surface area contributed by atoms with E-state index in [-0.39, 0.29) is 0 Å². The Morgan fingerprint density at radius 2 is 1.82 bits per heavy atom. The first-order valence-corrected chi connectivity index (χ1v) is 16.1. The van der Waals surface area contributed by atoms with Gasteiger partial charge in [-0.3, -0.25) is 4.90 Å². The summed E-state index contributed by atoms with van der Waals surface area (Å²) in [7, 11) is 0. The van der Waals surface area contributed by atoms with Crippen molar-refractivity contribution in [3.8, 4) is 11.5 Å². The van der Waals surface area contributed by atoms with E-state index in [9.17, 15) is 4.79 Å². The topological polar surface area (TPSA) is 93.5 Å². The highest BCUT2D eigenvalue weighted by molar-refractivity contribution is 6.30. The molecule has 3 N–H and O–H groups in total. The maximum atomic E-state index is 12.0. The van der Waals surface area contributed by atoms with Crippen LogP contribution in [0, 0.1) is 5.41 Å². The van der Waals surface area contributed by atoms with Gasteiger partial charge in [-0.15, -0.1) is 0 Å². The number of ether oxygens (including phenoxy) is 2. The van der Waals surface area contributed by atoms with Gasteiger partial charge in [0.25, 0.3) is 0 Å². The third-order valence-electron chi connectivity index (χ3n) is 8.96. The number of aromatic amines is 1. The summed E-state index contributed by atoms with van der Waals surface area (Å²) in [6.45, 7) is 9.99. The Morgan fingerprint density at radius 3 is 2.50 bits per heavy atom. The average molecular weight is 615 g/mol. The molecule has 7 nitrogen and oxygen atoms in total. The fourth-order valence-corrected chi connectivity index (χ4v) is 6.34. The summed E-state index contributed by atoms with van der Waals surface area (Å²) in [5.74, 6) is 0.409. The van der Waals surface area contributed by atoms with Gasteiger partial charge in [-0.05, 0) is 105 Å². The first-order chi connectivity index (χ1) is 21.3. The number of halogens is 1. The average Bonchev–Trinajstić information content (AvgIpc) is 3.48. The molecule has 1 spiro atoms. The Bertz CT molecular complexity index is 1600. The molecule has 1 saturated carbocycles. The summed E-state index contributed by atoms with van der Waals surface area (Å²) in [5, 5.41) is 1.75. The lowest BCUT2D eigenvalue weighted by atomic mass is 9.59. The molecule has 0 saturated heterocycles. The quantitative estimate of drug-likeness (QED) is 0.144. The van der Waals surface area contributed by atoms with Gasteiger partial charge in [0.05, 0.1) is 12.8 Å². The number of anilines is 1. The second kappa shape index (κ2) is 14.3. The van der Waals surface area contributed by atoms with Crippen LogP contribution < -0.4 is 10.5 Å². The highest BCUT2D eigenvalue weighted by Crippen LogP contribution is 2.55. The minimum absolute atomic E-state index is 0.291. The SMILES string of the molecule is CCN(CC)CC1=C(c2ccc(Cl)cc2)CC2(CCC2)CC1.CCOC(=O)c1ccc(N)cc1Oc1cnc2[nH]ccc2c1. The van der Waals surface area contributed by atoms with Crippen LogP contribution in [0.15, 0.2) is 72.6 Å². The molecule has 0 unspecified atom stereocenters. The number of likely N-dealkylation sites (N-methyl/N-ethyl adjacent to an activating group) is 1. The molecule has 232 valence electrons. The molecule has 0 atom stereocenters. The van der Waals surface area contributed by atoms with Gasteiger partial charge in [-0.1, -0.05) is 49.6 Å². The number of nitrogens with two attached hydrogens (primary N) is 1. The Hall–Kier alpha value is -3.81. The standard InChI is InChI=1S/C20H28ClN.C16H15N3O3/c1-3-22(4-2)15-17-10-13-20(11-5-12-20)14-19(17)16-6-8-18(21)9-7-16;1-2-21-16(20)13-4-3-11(17)8-14(13)22-12-7-10-5-6-18-15(10)19-9-12/h6-9H,3-5,10-15H2,1-2H3;3-9H,2,17H2,1H3,(H,18,19). The molecule has 1 fully saturated rings. The van der Waals surface area contributed by atoms with Crippen molar-refractivity contribution in [2.75, 3.05) is 32.0 Å². The van der Waals surface area contributed by atoms with E-state index < -0.39 is 5.97 Å². The lowest BCUT2D eigenvalue weighted by Crippen LogP contribution is -2.34. The van der Waals surface area contributed by atoms with Gasteiger partial charge >= 0.3 is 5.97 Å². The fourth-order valence-electron chi connectivity index (χ4n) is 6.21. The molecule has 4 aromatic rings. The summed E-state index contributed by atoms with van der Waals surface area (Å²) < 4.78 is 10.8. The molecule has 0 radical (unpaired) electrons. The number of benzene rings is 2. The van der Waals surface area contributed by atoms with Crippen molar-refractivity contribution < 1.29 is 14.3 Å². The van der Waals surface area contributed by atoms with E-state index in [4.69, 9.17) is 26.8 Å². The fraction of sp³-hybridized carbons (Fsp3) is 0.389. The molecule has 2 aromatic carbocycles. The van der Waals surface area contributed by atoms with Crippen molar-refractivity contribution >= 4 is 39.9 Å². The zero-order valence-corrected chi connectivity index (χ0v) is 26.8. The van der Waals surface area contributed by atoms with Gasteiger partial charge in [0.15, 0.2) is 0 Å². The van der Waals surface area contributed by atoms with Gasteiger partial charge in [-0.2, -0.15) is 0 Å². The van der Waals surface area contributed by atoms with Crippen LogP contribution in [0.25, 0.3) is 16.6 Å². The van der Waals surface area contributed by atoms with E-state index in [0.717, 1.165) is 35.7 Å². The zero-order valence-electron chi connectivity index (χ0n) is 26.0. The first kappa shape index (κ1) is 31.6. The van der Waals surface area contributed by atoms with Crippen molar-refractivity contribution in [1.29, 1.82) is 0 Å². The summed E-state index contributed by atoms with van der Waals surface area (Å²) in [6, 6.07) is 17.1. The number of hydrogen-bond donors (Lipinski definition) is 2. The second-order valence-corrected chi connectivity index (χ2v) is 12.2. The smallest absolute Gasteiger partial charge is 0.341 e. The summed E-state index contributed by atoms with van der Waals surface area (Å²) in [5.41, 5.74) is 12.7. The maximum absolute atomic E-state index is 12.0. The Kier molecular flexibility index (Phi) is 10.3. The lowest BCUT2D eigenvalue weighted by molar-refractivity contribution is 0.0523. The number of pyridine rings is 1. The van der Waals surface area contributed by atoms with Gasteiger partial charge in [0.1, 0.15) is 22.7 Å². The number of allylic oxidation sites excluding steroid dienone is 1. The van der Waals surface area contributed by atoms with Crippen molar-refractivity contribution in [3.05, 3.63) is 88.7 Å². The lowest BCUT2D eigenvalue weighted by Gasteiger charge is -2.47. The number of carbonyl (C=O) groups excluding carboxylic acids is 1. The second-order valence-electron chi connectivity index (χ2n) is 11.7. The molecule has 8 heteroatoms. The van der Waals surface area contributed by atoms with E-state index in [1.54, 1.807) is 48.7 Å². The Balaban J connectivity index is 0.000000175. The van der Waals surface area contributed by atoms with Crippen LogP contribution in [0.2, 0.25) is 5.02 Å². The zero-order chi connectivity index (χ0) is 31.1. The number of nitrogens with zero attached hydrogens (tertiary/aromatic N) is 2. The summed E-state index contributed by atoms with van der Waals surface area (Å²) in [6.07, 6.45) is 11.6. The summed E-state index contributed by atoms with van der Waals surface area (Å²) in [4.78, 5) is 21.8. The van der Waals surface area contributed by atoms with Gasteiger partial charge in [0, 0.05) is 34.9 Å². The molecular weight excluding hydrogens is 572 g/mol. The predicted octanol–water partition coefficient (Wildman–Crippen LogP) is 8.90. The highest BCUT2D eigenvalue weighted by Gasteiger charge is 2.40. The molecule has 2 aliphatic carbocycles.